The Morgan fingerprint density at radius 3 is 2.44 bits per heavy atom. The van der Waals surface area contributed by atoms with Gasteiger partial charge in [-0.3, -0.25) is 0 Å². The van der Waals surface area contributed by atoms with Gasteiger partial charge in [0.2, 0.25) is 0 Å². The first-order chi connectivity index (χ1) is 8.44. The van der Waals surface area contributed by atoms with E-state index < -0.39 is 0 Å². The average molecular weight is 249 g/mol. The Morgan fingerprint density at radius 1 is 1.22 bits per heavy atom. The van der Waals surface area contributed by atoms with E-state index in [0.717, 1.165) is 13.2 Å². The molecule has 0 saturated heterocycles. The number of likely N-dealkylation sites (N-methyl/N-ethyl adjacent to an activating group) is 1. The van der Waals surface area contributed by atoms with Gasteiger partial charge in [0.1, 0.15) is 0 Å². The van der Waals surface area contributed by atoms with Crippen molar-refractivity contribution in [1.82, 2.24) is 5.32 Å². The van der Waals surface area contributed by atoms with Crippen LogP contribution in [0.5, 0.6) is 0 Å². The summed E-state index contributed by atoms with van der Waals surface area (Å²) in [4.78, 5) is 0. The molecule has 1 rings (SSSR count). The molecule has 0 bridgehead atoms. The molecule has 0 heterocycles. The second kappa shape index (κ2) is 6.35. The van der Waals surface area contributed by atoms with Crippen LogP contribution in [0.4, 0.5) is 0 Å². The average Bonchev–Trinajstić information content (AvgIpc) is 2.30. The van der Waals surface area contributed by atoms with Gasteiger partial charge in [-0.2, -0.15) is 0 Å². The molecule has 0 radical (unpaired) electrons. The van der Waals surface area contributed by atoms with Crippen molar-refractivity contribution in [2.45, 2.75) is 53.2 Å². The maximum atomic E-state index is 5.93. The topological polar surface area (TPSA) is 21.3 Å². The Balaban J connectivity index is 3.15. The van der Waals surface area contributed by atoms with Crippen LogP contribution in [0.3, 0.4) is 0 Å². The Hall–Kier alpha value is -0.860. The van der Waals surface area contributed by atoms with Crippen LogP contribution in [0.2, 0.25) is 0 Å². The molecule has 1 N–H and O–H groups in total. The molecule has 1 aromatic carbocycles. The number of ether oxygens (including phenoxy) is 1. The second-order valence-corrected chi connectivity index (χ2v) is 5.32. The van der Waals surface area contributed by atoms with Crippen molar-refractivity contribution in [3.63, 3.8) is 0 Å². The molecule has 1 unspecified atom stereocenters. The normalized spacial score (nSPS) is 13.7. The van der Waals surface area contributed by atoms with Crippen molar-refractivity contribution in [1.29, 1.82) is 0 Å². The molecule has 1 aromatic rings. The highest BCUT2D eigenvalue weighted by molar-refractivity contribution is 5.36. The number of hydrogen-bond acceptors (Lipinski definition) is 2. The highest BCUT2D eigenvalue weighted by Crippen LogP contribution is 2.31. The van der Waals surface area contributed by atoms with Crippen molar-refractivity contribution in [3.05, 3.63) is 34.9 Å². The van der Waals surface area contributed by atoms with E-state index in [1.165, 1.54) is 16.7 Å². The first-order valence-electron chi connectivity index (χ1n) is 6.87. The van der Waals surface area contributed by atoms with Crippen molar-refractivity contribution in [2.24, 2.45) is 0 Å². The molecular weight excluding hydrogens is 222 g/mol. The third-order valence-corrected chi connectivity index (χ3v) is 3.58. The van der Waals surface area contributed by atoms with Crippen molar-refractivity contribution in [2.75, 3.05) is 13.2 Å². The molecule has 0 aliphatic heterocycles. The first kappa shape index (κ1) is 15.2. The summed E-state index contributed by atoms with van der Waals surface area (Å²) in [6.07, 6.45) is 0. The molecule has 2 nitrogen and oxygen atoms in total. The lowest BCUT2D eigenvalue weighted by molar-refractivity contribution is -0.0390. The summed E-state index contributed by atoms with van der Waals surface area (Å²) in [6.45, 7) is 14.5. The minimum absolute atomic E-state index is 0.205. The first-order valence-corrected chi connectivity index (χ1v) is 6.87. The van der Waals surface area contributed by atoms with Crippen molar-refractivity contribution in [3.8, 4) is 0 Å². The monoisotopic (exact) mass is 249 g/mol. The summed E-state index contributed by atoms with van der Waals surface area (Å²) < 4.78 is 5.93. The summed E-state index contributed by atoms with van der Waals surface area (Å²) in [5.74, 6) is 0. The third kappa shape index (κ3) is 3.33. The highest BCUT2D eigenvalue weighted by Gasteiger charge is 2.31. The van der Waals surface area contributed by atoms with E-state index in [1.807, 2.05) is 6.92 Å². The van der Waals surface area contributed by atoms with Gasteiger partial charge in [-0.1, -0.05) is 25.1 Å². The number of aryl methyl sites for hydroxylation is 1. The van der Waals surface area contributed by atoms with Crippen LogP contribution in [-0.2, 0) is 4.74 Å². The predicted molar refractivity (Wildman–Crippen MR) is 78.0 cm³/mol. The SMILES string of the molecule is CCNC(c1cccc(C)c1C)C(C)(C)OCC. The van der Waals surface area contributed by atoms with Gasteiger partial charge in [-0.15, -0.1) is 0 Å². The van der Waals surface area contributed by atoms with Gasteiger partial charge in [0.15, 0.2) is 0 Å². The van der Waals surface area contributed by atoms with Crippen LogP contribution < -0.4 is 5.32 Å². The lowest BCUT2D eigenvalue weighted by Gasteiger charge is -2.36. The molecule has 0 amide bonds. The smallest absolute Gasteiger partial charge is 0.0820 e. The van der Waals surface area contributed by atoms with E-state index in [4.69, 9.17) is 4.74 Å². The summed E-state index contributed by atoms with van der Waals surface area (Å²) >= 11 is 0. The molecule has 18 heavy (non-hydrogen) atoms. The maximum Gasteiger partial charge on any atom is 0.0820 e. The number of benzene rings is 1. The molecule has 0 aliphatic rings. The molecule has 0 spiro atoms. The zero-order chi connectivity index (χ0) is 13.8. The Labute approximate surface area is 112 Å². The molecule has 0 aromatic heterocycles. The Morgan fingerprint density at radius 2 is 1.89 bits per heavy atom. The Bertz CT molecular complexity index is 385. The van der Waals surface area contributed by atoms with Gasteiger partial charge < -0.3 is 10.1 Å². The van der Waals surface area contributed by atoms with Gasteiger partial charge >= 0.3 is 0 Å². The number of nitrogens with one attached hydrogen (secondary N) is 1. The second-order valence-electron chi connectivity index (χ2n) is 5.32. The largest absolute Gasteiger partial charge is 0.374 e. The fraction of sp³-hybridized carbons (Fsp3) is 0.625. The minimum atomic E-state index is -0.205. The number of rotatable bonds is 6. The van der Waals surface area contributed by atoms with Crippen LogP contribution in [0, 0.1) is 13.8 Å². The standard InChI is InChI=1S/C16H27NO/c1-7-17-15(16(5,6)18-8-2)14-11-9-10-12(3)13(14)4/h9-11,15,17H,7-8H2,1-6H3. The van der Waals surface area contributed by atoms with Gasteiger partial charge in [-0.25, -0.2) is 0 Å². The zero-order valence-electron chi connectivity index (χ0n) is 12.6. The molecule has 0 saturated carbocycles. The number of hydrogen-bond donors (Lipinski definition) is 1. The summed E-state index contributed by atoms with van der Waals surface area (Å²) in [5, 5.41) is 3.57. The maximum absolute atomic E-state index is 5.93. The van der Waals surface area contributed by atoms with Crippen molar-refractivity contribution < 1.29 is 4.74 Å². The van der Waals surface area contributed by atoms with Crippen LogP contribution in [0.1, 0.15) is 50.4 Å². The van der Waals surface area contributed by atoms with Crippen LogP contribution in [0.15, 0.2) is 18.2 Å². The van der Waals surface area contributed by atoms with E-state index in [2.05, 4.69) is 58.1 Å². The van der Waals surface area contributed by atoms with Gasteiger partial charge in [0, 0.05) is 6.61 Å². The summed E-state index contributed by atoms with van der Waals surface area (Å²) in [5.41, 5.74) is 3.83. The van der Waals surface area contributed by atoms with E-state index in [1.54, 1.807) is 0 Å². The lowest BCUT2D eigenvalue weighted by atomic mass is 9.87. The van der Waals surface area contributed by atoms with Crippen LogP contribution >= 0.6 is 0 Å². The van der Waals surface area contributed by atoms with E-state index >= 15 is 0 Å². The van der Waals surface area contributed by atoms with Gasteiger partial charge in [-0.05, 0) is 57.9 Å². The zero-order valence-corrected chi connectivity index (χ0v) is 12.6. The Kier molecular flexibility index (Phi) is 5.36. The van der Waals surface area contributed by atoms with E-state index in [0.29, 0.717) is 0 Å². The van der Waals surface area contributed by atoms with E-state index in [-0.39, 0.29) is 11.6 Å². The molecular formula is C16H27NO. The molecule has 102 valence electrons. The highest BCUT2D eigenvalue weighted by atomic mass is 16.5. The van der Waals surface area contributed by atoms with Crippen molar-refractivity contribution >= 4 is 0 Å². The predicted octanol–water partition coefficient (Wildman–Crippen LogP) is 3.77. The molecule has 0 aliphatic carbocycles. The van der Waals surface area contributed by atoms with E-state index in [9.17, 15) is 0 Å². The third-order valence-electron chi connectivity index (χ3n) is 3.58. The lowest BCUT2D eigenvalue weighted by Crippen LogP contribution is -2.42. The fourth-order valence-corrected chi connectivity index (χ4v) is 2.48. The summed E-state index contributed by atoms with van der Waals surface area (Å²) in [7, 11) is 0. The molecule has 0 fully saturated rings. The quantitative estimate of drug-likeness (QED) is 0.828. The molecule has 1 atom stereocenters. The summed E-state index contributed by atoms with van der Waals surface area (Å²) in [6, 6.07) is 6.72. The van der Waals surface area contributed by atoms with Crippen LogP contribution in [0.25, 0.3) is 0 Å². The van der Waals surface area contributed by atoms with Gasteiger partial charge in [0.25, 0.3) is 0 Å². The molecule has 2 heteroatoms. The fourth-order valence-electron chi connectivity index (χ4n) is 2.48. The minimum Gasteiger partial charge on any atom is -0.374 e. The van der Waals surface area contributed by atoms with Gasteiger partial charge in [0.05, 0.1) is 11.6 Å². The van der Waals surface area contributed by atoms with Crippen LogP contribution in [-0.4, -0.2) is 18.8 Å².